The van der Waals surface area contributed by atoms with Crippen LogP contribution in [-0.2, 0) is 11.3 Å². The molecule has 0 N–H and O–H groups in total. The zero-order valence-electron chi connectivity index (χ0n) is 17.1. The predicted octanol–water partition coefficient (Wildman–Crippen LogP) is 6.47. The Hall–Kier alpha value is -3.23. The van der Waals surface area contributed by atoms with E-state index in [1.54, 1.807) is 23.1 Å². The van der Waals surface area contributed by atoms with Gasteiger partial charge in [0.15, 0.2) is 5.17 Å². The van der Waals surface area contributed by atoms with Gasteiger partial charge in [0.05, 0.1) is 26.5 Å². The molecule has 6 nitrogen and oxygen atoms in total. The van der Waals surface area contributed by atoms with Gasteiger partial charge in [-0.2, -0.15) is 0 Å². The lowest BCUT2D eigenvalue weighted by Crippen LogP contribution is -2.28. The number of aliphatic imine (C=N–C) groups is 1. The minimum atomic E-state index is -0.457. The first-order valence-corrected chi connectivity index (χ1v) is 11.4. The zero-order valence-corrected chi connectivity index (χ0v) is 19.5. The second-order valence-electron chi connectivity index (χ2n) is 7.19. The molecule has 1 amide bonds. The molecule has 0 bridgehead atoms. The van der Waals surface area contributed by atoms with Crippen LogP contribution >= 0.6 is 27.7 Å². The van der Waals surface area contributed by atoms with Crippen LogP contribution in [0, 0.1) is 17.0 Å². The Morgan fingerprint density at radius 3 is 2.50 bits per heavy atom. The van der Waals surface area contributed by atoms with E-state index < -0.39 is 4.92 Å². The third-order valence-electron chi connectivity index (χ3n) is 4.79. The maximum absolute atomic E-state index is 13.3. The lowest BCUT2D eigenvalue weighted by molar-refractivity contribution is -0.385. The van der Waals surface area contributed by atoms with Crippen LogP contribution in [0.3, 0.4) is 0 Å². The number of nitro benzene ring substituents is 1. The molecule has 0 saturated carbocycles. The van der Waals surface area contributed by atoms with Gasteiger partial charge < -0.3 is 0 Å². The van der Waals surface area contributed by atoms with Crippen LogP contribution in [0.5, 0.6) is 0 Å². The van der Waals surface area contributed by atoms with Crippen molar-refractivity contribution in [1.29, 1.82) is 0 Å². The molecule has 32 heavy (non-hydrogen) atoms. The fraction of sp³-hybridized carbons (Fsp3) is 0.0833. The molecule has 0 spiro atoms. The molecule has 0 aromatic heterocycles. The molecule has 1 saturated heterocycles. The molecule has 3 aromatic rings. The van der Waals surface area contributed by atoms with E-state index in [0.29, 0.717) is 26.7 Å². The number of hydrogen-bond donors (Lipinski definition) is 0. The summed E-state index contributed by atoms with van der Waals surface area (Å²) in [4.78, 5) is 30.9. The monoisotopic (exact) mass is 507 g/mol. The summed E-state index contributed by atoms with van der Waals surface area (Å²) in [6.45, 7) is 2.39. The molecular formula is C24H18BrN3O3S. The minimum absolute atomic E-state index is 0.0514. The molecule has 3 aromatic carbocycles. The largest absolute Gasteiger partial charge is 0.284 e. The highest BCUT2D eigenvalue weighted by Crippen LogP contribution is 2.36. The highest BCUT2D eigenvalue weighted by molar-refractivity contribution is 9.10. The number of carbonyl (C=O) groups excluding carboxylic acids is 1. The van der Waals surface area contributed by atoms with E-state index in [4.69, 9.17) is 4.99 Å². The summed E-state index contributed by atoms with van der Waals surface area (Å²) < 4.78 is 0.391. The maximum atomic E-state index is 13.3. The van der Waals surface area contributed by atoms with Gasteiger partial charge in [-0.15, -0.1) is 0 Å². The highest BCUT2D eigenvalue weighted by Gasteiger charge is 2.33. The fourth-order valence-corrected chi connectivity index (χ4v) is 4.53. The lowest BCUT2D eigenvalue weighted by Gasteiger charge is -2.15. The number of amidine groups is 1. The van der Waals surface area contributed by atoms with Crippen LogP contribution in [0.4, 0.5) is 11.4 Å². The van der Waals surface area contributed by atoms with E-state index in [1.807, 2.05) is 61.5 Å². The Morgan fingerprint density at radius 1 is 1.09 bits per heavy atom. The number of aryl methyl sites for hydroxylation is 1. The van der Waals surface area contributed by atoms with E-state index in [2.05, 4.69) is 15.9 Å². The van der Waals surface area contributed by atoms with Crippen molar-refractivity contribution in [2.75, 3.05) is 0 Å². The van der Waals surface area contributed by atoms with Crippen molar-refractivity contribution < 1.29 is 9.72 Å². The molecule has 1 aliphatic heterocycles. The maximum Gasteiger partial charge on any atom is 0.284 e. The normalized spacial score (nSPS) is 16.2. The van der Waals surface area contributed by atoms with Crippen molar-refractivity contribution in [2.24, 2.45) is 4.99 Å². The summed E-state index contributed by atoms with van der Waals surface area (Å²) in [5.41, 5.74) is 3.39. The second kappa shape index (κ2) is 9.50. The van der Waals surface area contributed by atoms with Crippen LogP contribution in [0.1, 0.15) is 16.7 Å². The summed E-state index contributed by atoms with van der Waals surface area (Å²) in [6.07, 6.45) is 1.67. The molecule has 0 radical (unpaired) electrons. The number of rotatable bonds is 5. The summed E-state index contributed by atoms with van der Waals surface area (Å²) >= 11 is 4.46. The first-order chi connectivity index (χ1) is 15.4. The number of thioether (sulfide) groups is 1. The highest BCUT2D eigenvalue weighted by atomic mass is 79.9. The summed E-state index contributed by atoms with van der Waals surface area (Å²) in [7, 11) is 0. The molecule has 8 heteroatoms. The van der Waals surface area contributed by atoms with Gasteiger partial charge in [0, 0.05) is 6.07 Å². The standard InChI is InChI=1S/C24H18BrN3O3S/c1-16-7-10-19(11-8-16)26-24-27(15-17-5-3-2-4-6-17)23(29)22(32-24)14-18-9-12-20(25)21(13-18)28(30)31/h2-14H,15H2,1H3/b22-14+,26-24?. The first kappa shape index (κ1) is 22.0. The van der Waals surface area contributed by atoms with Gasteiger partial charge in [-0.3, -0.25) is 19.8 Å². The molecule has 4 rings (SSSR count). The third kappa shape index (κ3) is 4.98. The lowest BCUT2D eigenvalue weighted by atomic mass is 10.2. The average Bonchev–Trinajstić information content (AvgIpc) is 3.06. The van der Waals surface area contributed by atoms with Crippen molar-refractivity contribution in [3.8, 4) is 0 Å². The van der Waals surface area contributed by atoms with Crippen LogP contribution in [0.25, 0.3) is 6.08 Å². The Bertz CT molecular complexity index is 1240. The zero-order chi connectivity index (χ0) is 22.7. The van der Waals surface area contributed by atoms with Crippen molar-refractivity contribution in [3.05, 3.63) is 109 Å². The van der Waals surface area contributed by atoms with Gasteiger partial charge in [0.25, 0.3) is 11.6 Å². The minimum Gasteiger partial charge on any atom is -0.282 e. The van der Waals surface area contributed by atoms with Gasteiger partial charge >= 0.3 is 0 Å². The van der Waals surface area contributed by atoms with E-state index in [1.165, 1.54) is 17.8 Å². The van der Waals surface area contributed by atoms with Gasteiger partial charge in [0.1, 0.15) is 0 Å². The fourth-order valence-electron chi connectivity index (χ4n) is 3.14. The van der Waals surface area contributed by atoms with E-state index in [-0.39, 0.29) is 11.6 Å². The van der Waals surface area contributed by atoms with Crippen molar-refractivity contribution in [2.45, 2.75) is 13.5 Å². The van der Waals surface area contributed by atoms with E-state index in [9.17, 15) is 14.9 Å². The SMILES string of the molecule is Cc1ccc(N=C2S/C(=C/c3ccc(Br)c([N+](=O)[O-])c3)C(=O)N2Cc2ccccc2)cc1. The van der Waals surface area contributed by atoms with Crippen LogP contribution in [0.15, 0.2) is 87.2 Å². The molecule has 0 unspecified atom stereocenters. The number of benzene rings is 3. The van der Waals surface area contributed by atoms with Gasteiger partial charge in [0.2, 0.25) is 0 Å². The first-order valence-electron chi connectivity index (χ1n) is 9.75. The van der Waals surface area contributed by atoms with Gasteiger partial charge in [-0.25, -0.2) is 4.99 Å². The molecule has 160 valence electrons. The Kier molecular flexibility index (Phi) is 6.53. The van der Waals surface area contributed by atoms with Gasteiger partial charge in [-0.1, -0.05) is 54.1 Å². The topological polar surface area (TPSA) is 75.8 Å². The van der Waals surface area contributed by atoms with E-state index >= 15 is 0 Å². The second-order valence-corrected chi connectivity index (χ2v) is 9.05. The Labute approximate surface area is 198 Å². The van der Waals surface area contributed by atoms with E-state index in [0.717, 1.165) is 16.8 Å². The molecule has 1 fully saturated rings. The predicted molar refractivity (Wildman–Crippen MR) is 132 cm³/mol. The number of nitro groups is 1. The Morgan fingerprint density at radius 2 is 1.81 bits per heavy atom. The summed E-state index contributed by atoms with van der Waals surface area (Å²) in [6, 6.07) is 22.3. The van der Waals surface area contributed by atoms with Crippen LogP contribution < -0.4 is 0 Å². The molecule has 1 heterocycles. The Balaban J connectivity index is 1.71. The number of carbonyl (C=O) groups is 1. The summed E-state index contributed by atoms with van der Waals surface area (Å²) in [5.74, 6) is -0.185. The molecular weight excluding hydrogens is 490 g/mol. The third-order valence-corrected chi connectivity index (χ3v) is 6.47. The molecule has 1 aliphatic rings. The van der Waals surface area contributed by atoms with Crippen molar-refractivity contribution >= 4 is 56.2 Å². The van der Waals surface area contributed by atoms with Crippen molar-refractivity contribution in [3.63, 3.8) is 0 Å². The van der Waals surface area contributed by atoms with Crippen molar-refractivity contribution in [1.82, 2.24) is 4.90 Å². The smallest absolute Gasteiger partial charge is 0.282 e. The van der Waals surface area contributed by atoms with Gasteiger partial charge in [-0.05, 0) is 70.0 Å². The quantitative estimate of drug-likeness (QED) is 0.225. The number of hydrogen-bond acceptors (Lipinski definition) is 5. The molecule has 0 aliphatic carbocycles. The number of nitrogens with zero attached hydrogens (tertiary/aromatic N) is 3. The number of halogens is 1. The van der Waals surface area contributed by atoms with Crippen LogP contribution in [0.2, 0.25) is 0 Å². The summed E-state index contributed by atoms with van der Waals surface area (Å²) in [5, 5.41) is 11.8. The molecule has 0 atom stereocenters. The average molecular weight is 508 g/mol. The van der Waals surface area contributed by atoms with Crippen LogP contribution in [-0.4, -0.2) is 20.9 Å². The number of amides is 1.